The lowest BCUT2D eigenvalue weighted by Gasteiger charge is -2.32. The van der Waals surface area contributed by atoms with Crippen LogP contribution in [0.4, 0.5) is 51.3 Å². The largest absolute Gasteiger partial charge is 0.465 e. The number of Topliss-reactive ketones (excluding diaryl/α,β-unsaturated/α-hetero) is 2. The summed E-state index contributed by atoms with van der Waals surface area (Å²) in [5.41, 5.74) is -4.75. The van der Waals surface area contributed by atoms with Gasteiger partial charge in [0, 0.05) is 25.7 Å². The highest BCUT2D eigenvalue weighted by atomic mass is 19.3. The molecule has 336 valence electrons. The van der Waals surface area contributed by atoms with Crippen LogP contribution in [0.1, 0.15) is 118 Å². The molecule has 2 heterocycles. The van der Waals surface area contributed by atoms with Crippen molar-refractivity contribution < 1.29 is 82.9 Å². The van der Waals surface area contributed by atoms with E-state index in [0.717, 1.165) is 6.07 Å². The molecule has 0 radical (unpaired) electrons. The third-order valence-corrected chi connectivity index (χ3v) is 9.77. The van der Waals surface area contributed by atoms with Gasteiger partial charge in [-0.3, -0.25) is 28.8 Å². The molecule has 4 rings (SSSR count). The number of carbonyl (C=O) groups excluding carboxylic acids is 7. The molecule has 0 saturated carbocycles. The Hall–Kier alpha value is -5.43. The van der Waals surface area contributed by atoms with Gasteiger partial charge in [-0.15, -0.1) is 0 Å². The van der Waals surface area contributed by atoms with Crippen LogP contribution >= 0.6 is 0 Å². The number of alkyl halides is 8. The maximum absolute atomic E-state index is 13.1. The van der Waals surface area contributed by atoms with Crippen molar-refractivity contribution in [2.24, 2.45) is 0 Å². The molecule has 12 nitrogen and oxygen atoms in total. The van der Waals surface area contributed by atoms with E-state index in [1.807, 2.05) is 0 Å². The van der Waals surface area contributed by atoms with Crippen LogP contribution in [-0.2, 0) is 44.2 Å². The van der Waals surface area contributed by atoms with E-state index in [1.165, 1.54) is 44.2 Å². The molecule has 1 N–H and O–H groups in total. The minimum Gasteiger partial charge on any atom is -0.465 e. The number of fused-ring (bicyclic) bond motifs is 2. The first-order chi connectivity index (χ1) is 28.4. The number of ether oxygens (including phenoxy) is 3. The summed E-state index contributed by atoms with van der Waals surface area (Å²) in [5, 5.41) is 2.34. The fourth-order valence-electron chi connectivity index (χ4n) is 6.90. The molecule has 0 fully saturated rings. The van der Waals surface area contributed by atoms with Gasteiger partial charge in [0.2, 0.25) is 25.7 Å². The van der Waals surface area contributed by atoms with Crippen molar-refractivity contribution in [3.05, 3.63) is 58.7 Å². The van der Waals surface area contributed by atoms with Gasteiger partial charge in [-0.2, -0.15) is 0 Å². The van der Waals surface area contributed by atoms with Crippen LogP contribution in [0.25, 0.3) is 0 Å². The second kappa shape index (κ2) is 20.9. The van der Waals surface area contributed by atoms with Gasteiger partial charge in [-0.05, 0) is 95.7 Å². The van der Waals surface area contributed by atoms with Crippen LogP contribution in [0.15, 0.2) is 36.4 Å². The first-order valence-electron chi connectivity index (χ1n) is 19.2. The van der Waals surface area contributed by atoms with E-state index in [4.69, 9.17) is 14.2 Å². The summed E-state index contributed by atoms with van der Waals surface area (Å²) in [7, 11) is 0. The van der Waals surface area contributed by atoms with Gasteiger partial charge in [-0.25, -0.2) is 44.8 Å². The highest BCUT2D eigenvalue weighted by molar-refractivity contribution is 6.56. The number of imide groups is 1. The predicted octanol–water partition coefficient (Wildman–Crippen LogP) is 8.76. The molecule has 0 aromatic heterocycles. The standard InChI is InChI=1S/C23H27F4NO6.C18H19F4NO4/c1-5-33-20(31)23(10-8-16(24)25,11-9-17(26)27)13-6-7-15-14(12-13)18(29)19(30)28(15)21(32)34-22(2,3)4;1-2-27-17(26)18(7-5-13(19)20,8-6-14(21)22)10-3-4-12-11(9-10)15(24)16(25)23-12/h6-7,12,16-17H,5,8-11H2,1-4H3;3-4,9,13-14H,2,5-8H2,1H3,(H,23,24,25). The first kappa shape index (κ1) is 49.9. The molecule has 0 spiro atoms. The van der Waals surface area contributed by atoms with E-state index >= 15 is 0 Å². The molecule has 20 heteroatoms. The maximum Gasteiger partial charge on any atom is 0.422 e. The fraction of sp³-hybridized carbons (Fsp3) is 0.537. The van der Waals surface area contributed by atoms with Crippen molar-refractivity contribution in [2.45, 2.75) is 128 Å². The molecular weight excluding hydrogens is 832 g/mol. The second-order valence-electron chi connectivity index (χ2n) is 15.0. The molecule has 0 aliphatic carbocycles. The van der Waals surface area contributed by atoms with Crippen LogP contribution in [0.3, 0.4) is 0 Å². The summed E-state index contributed by atoms with van der Waals surface area (Å²) in [6, 6.07) is 7.49. The maximum atomic E-state index is 13.1. The fourth-order valence-corrected chi connectivity index (χ4v) is 6.90. The van der Waals surface area contributed by atoms with Crippen molar-refractivity contribution in [3.63, 3.8) is 0 Å². The Kier molecular flexibility index (Phi) is 17.1. The average Bonchev–Trinajstić information content (AvgIpc) is 3.60. The smallest absolute Gasteiger partial charge is 0.422 e. The van der Waals surface area contributed by atoms with Crippen molar-refractivity contribution in [1.29, 1.82) is 0 Å². The number of nitrogens with zero attached hydrogens (tertiary/aromatic N) is 1. The highest BCUT2D eigenvalue weighted by Gasteiger charge is 2.47. The normalized spacial score (nSPS) is 14.0. The summed E-state index contributed by atoms with van der Waals surface area (Å²) in [5.74, 6) is -5.86. The van der Waals surface area contributed by atoms with E-state index in [-0.39, 0.29) is 46.8 Å². The van der Waals surface area contributed by atoms with E-state index in [0.29, 0.717) is 4.90 Å². The molecule has 0 saturated heterocycles. The van der Waals surface area contributed by atoms with Crippen molar-refractivity contribution in [2.75, 3.05) is 23.4 Å². The number of hydrogen-bond acceptors (Lipinski definition) is 10. The number of amides is 3. The molecule has 0 bridgehead atoms. The Labute approximate surface area is 345 Å². The lowest BCUT2D eigenvalue weighted by molar-refractivity contribution is -0.152. The molecule has 2 aromatic rings. The number of ketones is 2. The van der Waals surface area contributed by atoms with Gasteiger partial charge in [0.1, 0.15) is 5.60 Å². The van der Waals surface area contributed by atoms with Crippen LogP contribution in [0.5, 0.6) is 0 Å². The van der Waals surface area contributed by atoms with Gasteiger partial charge < -0.3 is 19.5 Å². The monoisotopic (exact) mass is 878 g/mol. The molecule has 2 aromatic carbocycles. The molecule has 2 aliphatic heterocycles. The molecular formula is C41H46F8N2O10. The lowest BCUT2D eigenvalue weighted by atomic mass is 9.72. The van der Waals surface area contributed by atoms with Crippen LogP contribution in [-0.4, -0.2) is 85.9 Å². The van der Waals surface area contributed by atoms with E-state index < -0.39 is 135 Å². The molecule has 61 heavy (non-hydrogen) atoms. The molecule has 2 aliphatic rings. The zero-order valence-corrected chi connectivity index (χ0v) is 33.9. The first-order valence-corrected chi connectivity index (χ1v) is 19.2. The zero-order chi connectivity index (χ0) is 46.0. The lowest BCUT2D eigenvalue weighted by Crippen LogP contribution is -2.40. The van der Waals surface area contributed by atoms with Crippen LogP contribution < -0.4 is 10.2 Å². The summed E-state index contributed by atoms with van der Waals surface area (Å²) in [6.07, 6.45) is -17.1. The Morgan fingerprint density at radius 2 is 1.03 bits per heavy atom. The number of rotatable bonds is 18. The SMILES string of the molecule is CCOC(=O)C(CCC(F)F)(CCC(F)F)c1ccc2c(c1)C(=O)C(=O)N2.CCOC(=O)C(CCC(F)F)(CCC(F)F)c1ccc2c(c1)C(=O)C(=O)N2C(=O)OC(C)(C)C. The predicted molar refractivity (Wildman–Crippen MR) is 201 cm³/mol. The van der Waals surface area contributed by atoms with E-state index in [2.05, 4.69) is 5.32 Å². The third-order valence-electron chi connectivity index (χ3n) is 9.77. The number of halogens is 8. The zero-order valence-electron chi connectivity index (χ0n) is 33.9. The van der Waals surface area contributed by atoms with Gasteiger partial charge in [0.25, 0.3) is 17.5 Å². The Morgan fingerprint density at radius 3 is 1.43 bits per heavy atom. The van der Waals surface area contributed by atoms with E-state index in [9.17, 15) is 68.7 Å². The minimum absolute atomic E-state index is 0.0275. The number of esters is 2. The van der Waals surface area contributed by atoms with Crippen molar-refractivity contribution in [1.82, 2.24) is 0 Å². The van der Waals surface area contributed by atoms with Gasteiger partial charge >= 0.3 is 23.9 Å². The number of anilines is 2. The van der Waals surface area contributed by atoms with Gasteiger partial charge in [-0.1, -0.05) is 12.1 Å². The number of carbonyl (C=O) groups is 7. The second-order valence-corrected chi connectivity index (χ2v) is 15.0. The topological polar surface area (TPSA) is 162 Å². The summed E-state index contributed by atoms with van der Waals surface area (Å²) >= 11 is 0. The van der Waals surface area contributed by atoms with E-state index in [1.54, 1.807) is 20.8 Å². The molecule has 0 atom stereocenters. The summed E-state index contributed by atoms with van der Waals surface area (Å²) in [6.45, 7) is 7.50. The highest BCUT2D eigenvalue weighted by Crippen LogP contribution is 2.42. The third kappa shape index (κ3) is 12.1. The molecule has 0 unspecified atom stereocenters. The van der Waals surface area contributed by atoms with Crippen LogP contribution in [0, 0.1) is 0 Å². The number of hydrogen-bond donors (Lipinski definition) is 1. The number of nitrogens with one attached hydrogen (secondary N) is 1. The summed E-state index contributed by atoms with van der Waals surface area (Å²) in [4.78, 5) is 87.2. The van der Waals surface area contributed by atoms with Crippen molar-refractivity contribution >= 4 is 52.8 Å². The minimum atomic E-state index is -2.82. The number of benzene rings is 2. The Bertz CT molecular complexity index is 1940. The molecule has 3 amide bonds. The average molecular weight is 879 g/mol. The quantitative estimate of drug-likeness (QED) is 0.0663. The Morgan fingerprint density at radius 1 is 0.623 bits per heavy atom. The summed E-state index contributed by atoms with van der Waals surface area (Å²) < 4.78 is 119. The Balaban J connectivity index is 0.000000334. The van der Waals surface area contributed by atoms with Crippen molar-refractivity contribution in [3.8, 4) is 0 Å². The van der Waals surface area contributed by atoms with Gasteiger partial charge in [0.15, 0.2) is 0 Å². The van der Waals surface area contributed by atoms with Gasteiger partial charge in [0.05, 0.1) is 46.5 Å². The van der Waals surface area contributed by atoms with Crippen LogP contribution in [0.2, 0.25) is 0 Å².